The normalized spacial score (nSPS) is 11.6. The van der Waals surface area contributed by atoms with Crippen LogP contribution in [-0.4, -0.2) is 29.2 Å². The molecule has 0 saturated heterocycles. The van der Waals surface area contributed by atoms with Crippen LogP contribution in [0.15, 0.2) is 30.3 Å². The number of hydrogen-bond acceptors (Lipinski definition) is 5. The number of aromatic nitrogens is 1. The number of ether oxygens (including phenoxy) is 1. The first-order valence-electron chi connectivity index (χ1n) is 7.13. The fraction of sp³-hybridized carbons (Fsp3) is 0.312. The van der Waals surface area contributed by atoms with Gasteiger partial charge in [0.05, 0.1) is 12.8 Å². The van der Waals surface area contributed by atoms with Crippen LogP contribution in [0, 0.1) is 13.8 Å². The molecule has 7 heteroatoms. The molecule has 5 nitrogen and oxygen atoms in total. The quantitative estimate of drug-likeness (QED) is 0.639. The Bertz CT molecular complexity index is 666. The van der Waals surface area contributed by atoms with Gasteiger partial charge in [-0.1, -0.05) is 30.3 Å². The predicted molar refractivity (Wildman–Crippen MR) is 96.9 cm³/mol. The summed E-state index contributed by atoms with van der Waals surface area (Å²) in [5.74, 6) is -0.357. The highest BCUT2D eigenvalue weighted by molar-refractivity contribution is 7.80. The first-order chi connectivity index (χ1) is 11.0. The minimum atomic E-state index is -0.551. The smallest absolute Gasteiger partial charge is 0.328 e. The van der Waals surface area contributed by atoms with Gasteiger partial charge in [0.1, 0.15) is 6.04 Å². The zero-order chi connectivity index (χ0) is 16.8. The number of carbonyl (C=O) groups is 1. The number of nitrogens with zero attached hydrogens (tertiary/aromatic N) is 1. The van der Waals surface area contributed by atoms with E-state index in [4.69, 9.17) is 17.0 Å². The molecule has 0 bridgehead atoms. The Labute approximate surface area is 145 Å². The Kier molecular flexibility index (Phi) is 6.06. The molecular formula is C16H19N3O2S2. The maximum atomic E-state index is 12.0. The van der Waals surface area contributed by atoms with Crippen LogP contribution in [0.4, 0.5) is 5.13 Å². The number of thiazole rings is 1. The number of esters is 1. The van der Waals surface area contributed by atoms with E-state index in [1.807, 2.05) is 44.2 Å². The van der Waals surface area contributed by atoms with Gasteiger partial charge in [-0.25, -0.2) is 9.78 Å². The lowest BCUT2D eigenvalue weighted by molar-refractivity contribution is -0.142. The van der Waals surface area contributed by atoms with E-state index in [0.29, 0.717) is 16.7 Å². The number of thiocarbonyl (C=S) groups is 1. The molecule has 1 aromatic heterocycles. The van der Waals surface area contributed by atoms with Crippen LogP contribution in [0.25, 0.3) is 0 Å². The van der Waals surface area contributed by atoms with E-state index < -0.39 is 6.04 Å². The SMILES string of the molecule is COC(=O)C(Cc1ccccc1)NC(=S)Nc1nc(C)c(C)s1. The third kappa shape index (κ3) is 5.01. The second kappa shape index (κ2) is 8.03. The Morgan fingerprint density at radius 3 is 2.61 bits per heavy atom. The number of carbonyl (C=O) groups excluding carboxylic acids is 1. The maximum Gasteiger partial charge on any atom is 0.328 e. The lowest BCUT2D eigenvalue weighted by Gasteiger charge is -2.18. The van der Waals surface area contributed by atoms with Crippen LogP contribution in [-0.2, 0) is 16.0 Å². The van der Waals surface area contributed by atoms with Crippen LogP contribution in [0.1, 0.15) is 16.1 Å². The third-order valence-electron chi connectivity index (χ3n) is 3.32. The molecule has 0 aliphatic carbocycles. The fourth-order valence-corrected chi connectivity index (χ4v) is 3.13. The molecule has 1 atom stereocenters. The summed E-state index contributed by atoms with van der Waals surface area (Å²) in [7, 11) is 1.37. The van der Waals surface area contributed by atoms with Crippen molar-refractivity contribution in [3.63, 3.8) is 0 Å². The van der Waals surface area contributed by atoms with Gasteiger partial charge >= 0.3 is 5.97 Å². The molecule has 0 saturated carbocycles. The number of hydrogen-bond donors (Lipinski definition) is 2. The summed E-state index contributed by atoms with van der Waals surface area (Å²) in [6.45, 7) is 3.95. The number of methoxy groups -OCH3 is 1. The third-order valence-corrected chi connectivity index (χ3v) is 4.53. The summed E-state index contributed by atoms with van der Waals surface area (Å²) >= 11 is 6.81. The molecule has 0 spiro atoms. The molecular weight excluding hydrogens is 330 g/mol. The van der Waals surface area contributed by atoms with Crippen molar-refractivity contribution in [2.24, 2.45) is 0 Å². The van der Waals surface area contributed by atoms with Gasteiger partial charge in [0.25, 0.3) is 0 Å². The molecule has 1 heterocycles. The van der Waals surface area contributed by atoms with Crippen molar-refractivity contribution in [3.05, 3.63) is 46.5 Å². The van der Waals surface area contributed by atoms with Gasteiger partial charge in [-0.15, -0.1) is 11.3 Å². The average Bonchev–Trinajstić information content (AvgIpc) is 2.84. The minimum absolute atomic E-state index is 0.352. The van der Waals surface area contributed by atoms with E-state index in [-0.39, 0.29) is 5.97 Å². The topological polar surface area (TPSA) is 63.2 Å². The monoisotopic (exact) mass is 349 g/mol. The molecule has 0 radical (unpaired) electrons. The zero-order valence-electron chi connectivity index (χ0n) is 13.3. The van der Waals surface area contributed by atoms with Gasteiger partial charge in [0.2, 0.25) is 0 Å². The first-order valence-corrected chi connectivity index (χ1v) is 8.35. The molecule has 1 aromatic carbocycles. The van der Waals surface area contributed by atoms with Gasteiger partial charge in [-0.05, 0) is 31.6 Å². The molecule has 2 aromatic rings. The second-order valence-corrected chi connectivity index (χ2v) is 6.64. The van der Waals surface area contributed by atoms with E-state index in [2.05, 4.69) is 15.6 Å². The van der Waals surface area contributed by atoms with Crippen molar-refractivity contribution in [1.82, 2.24) is 10.3 Å². The maximum absolute atomic E-state index is 12.0. The molecule has 122 valence electrons. The van der Waals surface area contributed by atoms with E-state index in [9.17, 15) is 4.79 Å². The lowest BCUT2D eigenvalue weighted by atomic mass is 10.1. The highest BCUT2D eigenvalue weighted by atomic mass is 32.1. The standard InChI is InChI=1S/C16H19N3O2S2/c1-10-11(2)23-16(17-10)19-15(22)18-13(14(20)21-3)9-12-7-5-4-6-8-12/h4-8,13H,9H2,1-3H3,(H2,17,18,19,22). The van der Waals surface area contributed by atoms with Gasteiger partial charge in [-0.2, -0.15) is 0 Å². The van der Waals surface area contributed by atoms with Crippen LogP contribution in [0.2, 0.25) is 0 Å². The minimum Gasteiger partial charge on any atom is -0.467 e. The Balaban J connectivity index is 2.02. The highest BCUT2D eigenvalue weighted by Crippen LogP contribution is 2.20. The van der Waals surface area contributed by atoms with Gasteiger partial charge < -0.3 is 15.4 Å². The Morgan fingerprint density at radius 2 is 2.04 bits per heavy atom. The summed E-state index contributed by atoms with van der Waals surface area (Å²) in [5, 5.41) is 7.09. The van der Waals surface area contributed by atoms with Crippen molar-refractivity contribution in [3.8, 4) is 0 Å². The van der Waals surface area contributed by atoms with Crippen LogP contribution in [0.5, 0.6) is 0 Å². The van der Waals surface area contributed by atoms with Crippen molar-refractivity contribution in [2.75, 3.05) is 12.4 Å². The van der Waals surface area contributed by atoms with Crippen molar-refractivity contribution < 1.29 is 9.53 Å². The summed E-state index contributed by atoms with van der Waals surface area (Å²) in [6, 6.07) is 9.17. The van der Waals surface area contributed by atoms with E-state index in [1.54, 1.807) is 0 Å². The molecule has 2 rings (SSSR count). The van der Waals surface area contributed by atoms with E-state index >= 15 is 0 Å². The number of anilines is 1. The molecule has 1 unspecified atom stereocenters. The fourth-order valence-electron chi connectivity index (χ4n) is 2.00. The van der Waals surface area contributed by atoms with Crippen molar-refractivity contribution in [1.29, 1.82) is 0 Å². The van der Waals surface area contributed by atoms with Crippen molar-refractivity contribution >= 4 is 39.8 Å². The summed E-state index contributed by atoms with van der Waals surface area (Å²) < 4.78 is 4.86. The Morgan fingerprint density at radius 1 is 1.35 bits per heavy atom. The van der Waals surface area contributed by atoms with Crippen LogP contribution in [0.3, 0.4) is 0 Å². The van der Waals surface area contributed by atoms with E-state index in [0.717, 1.165) is 16.1 Å². The Hall–Kier alpha value is -1.99. The number of benzene rings is 1. The van der Waals surface area contributed by atoms with Gasteiger partial charge in [-0.3, -0.25) is 0 Å². The first kappa shape index (κ1) is 17.4. The highest BCUT2D eigenvalue weighted by Gasteiger charge is 2.21. The molecule has 0 aliphatic rings. The molecule has 23 heavy (non-hydrogen) atoms. The second-order valence-electron chi connectivity index (χ2n) is 5.02. The molecule has 2 N–H and O–H groups in total. The van der Waals surface area contributed by atoms with E-state index in [1.165, 1.54) is 18.4 Å². The number of aryl methyl sites for hydroxylation is 2. The molecule has 0 aliphatic heterocycles. The van der Waals surface area contributed by atoms with Crippen molar-refractivity contribution in [2.45, 2.75) is 26.3 Å². The number of rotatable bonds is 5. The largest absolute Gasteiger partial charge is 0.467 e. The predicted octanol–water partition coefficient (Wildman–Crippen LogP) is 2.83. The average molecular weight is 349 g/mol. The number of nitrogens with one attached hydrogen (secondary N) is 2. The summed E-state index contributed by atoms with van der Waals surface area (Å²) in [6.07, 6.45) is 0.491. The zero-order valence-corrected chi connectivity index (χ0v) is 14.9. The van der Waals surface area contributed by atoms with Crippen LogP contribution < -0.4 is 10.6 Å². The molecule has 0 fully saturated rings. The summed E-state index contributed by atoms with van der Waals surface area (Å²) in [4.78, 5) is 17.5. The van der Waals surface area contributed by atoms with Gasteiger partial charge in [0, 0.05) is 11.3 Å². The van der Waals surface area contributed by atoms with Gasteiger partial charge in [0.15, 0.2) is 10.2 Å². The lowest BCUT2D eigenvalue weighted by Crippen LogP contribution is -2.44. The molecule has 0 amide bonds. The van der Waals surface area contributed by atoms with Crippen LogP contribution >= 0.6 is 23.6 Å². The summed E-state index contributed by atoms with van der Waals surface area (Å²) in [5.41, 5.74) is 1.99.